The Kier molecular flexibility index (Phi) is 4.12. The fraction of sp³-hybridized carbons (Fsp3) is 1.00. The molecule has 0 bridgehead atoms. The Bertz CT molecular complexity index is 144. The molecule has 0 radical (unpaired) electrons. The first-order chi connectivity index (χ1) is 6.11. The van der Waals surface area contributed by atoms with Crippen molar-refractivity contribution in [2.75, 3.05) is 26.2 Å². The van der Waals surface area contributed by atoms with Gasteiger partial charge in [-0.2, -0.15) is 0 Å². The van der Waals surface area contributed by atoms with Crippen LogP contribution in [0.3, 0.4) is 0 Å². The minimum atomic E-state index is -0.683. The first kappa shape index (κ1) is 10.9. The Morgan fingerprint density at radius 1 is 1.46 bits per heavy atom. The molecular formula is C9H19NO3. The Hall–Kier alpha value is -0.160. The van der Waals surface area contributed by atoms with Gasteiger partial charge in [-0.25, -0.2) is 0 Å². The van der Waals surface area contributed by atoms with Crippen LogP contribution in [0.2, 0.25) is 0 Å². The summed E-state index contributed by atoms with van der Waals surface area (Å²) in [6, 6.07) is 0. The molecule has 78 valence electrons. The number of aliphatic hydroxyl groups excluding tert-OH is 3. The van der Waals surface area contributed by atoms with Crippen LogP contribution in [-0.2, 0) is 0 Å². The second kappa shape index (κ2) is 4.91. The second-order valence-corrected chi connectivity index (χ2v) is 4.05. The largest absolute Gasteiger partial charge is 0.394 e. The summed E-state index contributed by atoms with van der Waals surface area (Å²) in [5.74, 6) is 0.467. The van der Waals surface area contributed by atoms with Crippen molar-refractivity contribution in [1.29, 1.82) is 0 Å². The quantitative estimate of drug-likeness (QED) is 0.535. The van der Waals surface area contributed by atoms with Gasteiger partial charge in [0.1, 0.15) is 0 Å². The number of piperidine rings is 1. The van der Waals surface area contributed by atoms with Gasteiger partial charge in [-0.05, 0) is 12.3 Å². The third kappa shape index (κ3) is 3.60. The number of β-amino-alcohol motifs (C(OH)–C–C–N with tert-alkyl or cyclic N) is 2. The average molecular weight is 189 g/mol. The van der Waals surface area contributed by atoms with Crippen molar-refractivity contribution in [1.82, 2.24) is 4.90 Å². The van der Waals surface area contributed by atoms with E-state index in [2.05, 4.69) is 6.92 Å². The average Bonchev–Trinajstić information content (AvgIpc) is 2.02. The molecule has 0 aromatic carbocycles. The van der Waals surface area contributed by atoms with E-state index in [4.69, 9.17) is 5.11 Å². The van der Waals surface area contributed by atoms with E-state index in [0.29, 0.717) is 19.0 Å². The van der Waals surface area contributed by atoms with Crippen molar-refractivity contribution < 1.29 is 15.3 Å². The van der Waals surface area contributed by atoms with E-state index in [1.165, 1.54) is 0 Å². The maximum Gasteiger partial charge on any atom is 0.0897 e. The highest BCUT2D eigenvalue weighted by atomic mass is 16.3. The van der Waals surface area contributed by atoms with Gasteiger partial charge in [0, 0.05) is 19.6 Å². The minimum Gasteiger partial charge on any atom is -0.394 e. The van der Waals surface area contributed by atoms with Gasteiger partial charge in [-0.1, -0.05) is 6.92 Å². The van der Waals surface area contributed by atoms with E-state index in [1.54, 1.807) is 0 Å². The first-order valence-corrected chi connectivity index (χ1v) is 4.81. The maximum absolute atomic E-state index is 9.45. The Labute approximate surface area is 78.8 Å². The molecule has 0 aliphatic carbocycles. The van der Waals surface area contributed by atoms with Crippen LogP contribution >= 0.6 is 0 Å². The van der Waals surface area contributed by atoms with Gasteiger partial charge in [-0.15, -0.1) is 0 Å². The lowest BCUT2D eigenvalue weighted by molar-refractivity contribution is 0.00468. The predicted octanol–water partition coefficient (Wildman–Crippen LogP) is -0.958. The van der Waals surface area contributed by atoms with Crippen LogP contribution in [0.4, 0.5) is 0 Å². The van der Waals surface area contributed by atoms with Crippen LogP contribution in [-0.4, -0.2) is 58.7 Å². The lowest BCUT2D eigenvalue weighted by atomic mass is 9.98. The number of aliphatic hydroxyl groups is 3. The van der Waals surface area contributed by atoms with Gasteiger partial charge < -0.3 is 15.3 Å². The smallest absolute Gasteiger partial charge is 0.0897 e. The molecule has 1 aliphatic rings. The SMILES string of the molecule is CC1CC(O)CN(CC(O)CO)C1. The molecule has 4 heteroatoms. The summed E-state index contributed by atoms with van der Waals surface area (Å²) < 4.78 is 0. The minimum absolute atomic E-state index is 0.207. The Morgan fingerprint density at radius 2 is 2.15 bits per heavy atom. The number of nitrogens with zero attached hydrogens (tertiary/aromatic N) is 1. The van der Waals surface area contributed by atoms with Gasteiger partial charge >= 0.3 is 0 Å². The molecular weight excluding hydrogens is 170 g/mol. The molecule has 1 aliphatic heterocycles. The molecule has 0 amide bonds. The van der Waals surface area contributed by atoms with Crippen LogP contribution in [0.15, 0.2) is 0 Å². The molecule has 0 aromatic heterocycles. The summed E-state index contributed by atoms with van der Waals surface area (Å²) in [6.45, 7) is 3.84. The molecule has 13 heavy (non-hydrogen) atoms. The molecule has 1 fully saturated rings. The van der Waals surface area contributed by atoms with Crippen molar-refractivity contribution in [3.63, 3.8) is 0 Å². The zero-order valence-corrected chi connectivity index (χ0v) is 8.06. The standard InChI is InChI=1S/C9H19NO3/c1-7-2-8(12)4-10(3-7)5-9(13)6-11/h7-9,11-13H,2-6H2,1H3. The van der Waals surface area contributed by atoms with Crippen molar-refractivity contribution in [3.05, 3.63) is 0 Å². The highest BCUT2D eigenvalue weighted by Gasteiger charge is 2.24. The Balaban J connectivity index is 2.32. The number of likely N-dealkylation sites (tertiary alicyclic amines) is 1. The van der Waals surface area contributed by atoms with Crippen molar-refractivity contribution in [2.45, 2.75) is 25.6 Å². The van der Waals surface area contributed by atoms with Gasteiger partial charge in [0.15, 0.2) is 0 Å². The summed E-state index contributed by atoms with van der Waals surface area (Å²) in [7, 11) is 0. The number of rotatable bonds is 3. The van der Waals surface area contributed by atoms with E-state index in [0.717, 1.165) is 13.0 Å². The third-order valence-corrected chi connectivity index (χ3v) is 2.39. The van der Waals surface area contributed by atoms with Crippen LogP contribution < -0.4 is 0 Å². The van der Waals surface area contributed by atoms with Crippen molar-refractivity contribution in [3.8, 4) is 0 Å². The zero-order valence-electron chi connectivity index (χ0n) is 8.06. The van der Waals surface area contributed by atoms with E-state index >= 15 is 0 Å². The summed E-state index contributed by atoms with van der Waals surface area (Å²) in [5, 5.41) is 27.3. The summed E-state index contributed by atoms with van der Waals surface area (Å²) >= 11 is 0. The number of hydrogen-bond acceptors (Lipinski definition) is 4. The molecule has 0 aromatic rings. The predicted molar refractivity (Wildman–Crippen MR) is 49.3 cm³/mol. The lowest BCUT2D eigenvalue weighted by Gasteiger charge is -2.34. The highest BCUT2D eigenvalue weighted by Crippen LogP contribution is 2.16. The zero-order chi connectivity index (χ0) is 9.84. The normalized spacial score (nSPS) is 33.2. The molecule has 3 atom stereocenters. The number of hydrogen-bond donors (Lipinski definition) is 3. The molecule has 3 N–H and O–H groups in total. The molecule has 0 saturated carbocycles. The Morgan fingerprint density at radius 3 is 2.69 bits per heavy atom. The summed E-state index contributed by atoms with van der Waals surface area (Å²) in [4.78, 5) is 2.00. The van der Waals surface area contributed by atoms with Gasteiger partial charge in [-0.3, -0.25) is 4.90 Å². The summed E-state index contributed by atoms with van der Waals surface area (Å²) in [5.41, 5.74) is 0. The lowest BCUT2D eigenvalue weighted by Crippen LogP contribution is -2.46. The van der Waals surface area contributed by atoms with Gasteiger partial charge in [0.2, 0.25) is 0 Å². The molecule has 0 spiro atoms. The highest BCUT2D eigenvalue weighted by molar-refractivity contribution is 4.77. The topological polar surface area (TPSA) is 63.9 Å². The van der Waals surface area contributed by atoms with Crippen molar-refractivity contribution >= 4 is 0 Å². The van der Waals surface area contributed by atoms with Crippen LogP contribution in [0, 0.1) is 5.92 Å². The van der Waals surface area contributed by atoms with Crippen LogP contribution in [0.25, 0.3) is 0 Å². The van der Waals surface area contributed by atoms with E-state index in [1.807, 2.05) is 4.90 Å². The van der Waals surface area contributed by atoms with Crippen LogP contribution in [0.5, 0.6) is 0 Å². The second-order valence-electron chi connectivity index (χ2n) is 4.05. The fourth-order valence-corrected chi connectivity index (χ4v) is 1.93. The molecule has 3 unspecified atom stereocenters. The molecule has 1 saturated heterocycles. The first-order valence-electron chi connectivity index (χ1n) is 4.81. The van der Waals surface area contributed by atoms with E-state index < -0.39 is 6.10 Å². The monoisotopic (exact) mass is 189 g/mol. The van der Waals surface area contributed by atoms with Gasteiger partial charge in [0.05, 0.1) is 18.8 Å². The van der Waals surface area contributed by atoms with Gasteiger partial charge in [0.25, 0.3) is 0 Å². The van der Waals surface area contributed by atoms with E-state index in [-0.39, 0.29) is 12.7 Å². The van der Waals surface area contributed by atoms with Crippen molar-refractivity contribution in [2.24, 2.45) is 5.92 Å². The van der Waals surface area contributed by atoms with Crippen LogP contribution in [0.1, 0.15) is 13.3 Å². The summed E-state index contributed by atoms with van der Waals surface area (Å²) in [6.07, 6.45) is -0.127. The third-order valence-electron chi connectivity index (χ3n) is 2.39. The maximum atomic E-state index is 9.45. The van der Waals surface area contributed by atoms with E-state index in [9.17, 15) is 10.2 Å². The fourth-order valence-electron chi connectivity index (χ4n) is 1.93. The molecule has 4 nitrogen and oxygen atoms in total. The molecule has 1 rings (SSSR count). The molecule has 1 heterocycles.